The van der Waals surface area contributed by atoms with Crippen molar-refractivity contribution in [3.8, 4) is 5.75 Å². The number of amides is 1. The number of hydrogen-bond donors (Lipinski definition) is 2. The molecule has 12 heteroatoms. The Labute approximate surface area is 182 Å². The molecule has 1 unspecified atom stereocenters. The van der Waals surface area contributed by atoms with Crippen LogP contribution < -0.4 is 10.1 Å². The molecule has 1 saturated heterocycles. The molecule has 0 radical (unpaired) electrons. The molecule has 174 valence electrons. The van der Waals surface area contributed by atoms with E-state index in [9.17, 15) is 26.6 Å². The third kappa shape index (κ3) is 4.70. The van der Waals surface area contributed by atoms with Gasteiger partial charge in [0.25, 0.3) is 5.91 Å². The van der Waals surface area contributed by atoms with Crippen molar-refractivity contribution < 1.29 is 36.0 Å². The molecule has 0 aliphatic carbocycles. The second-order valence-electron chi connectivity index (χ2n) is 7.68. The van der Waals surface area contributed by atoms with Crippen LogP contribution in [0.15, 0.2) is 41.6 Å². The molecule has 4 atom stereocenters. The van der Waals surface area contributed by atoms with E-state index in [1.807, 2.05) is 0 Å². The largest absolute Gasteiger partial charge is 0.496 e. The number of aromatic nitrogens is 1. The fourth-order valence-electron chi connectivity index (χ4n) is 3.53. The van der Waals surface area contributed by atoms with Gasteiger partial charge in [-0.3, -0.25) is 4.79 Å². The van der Waals surface area contributed by atoms with Crippen molar-refractivity contribution in [3.63, 3.8) is 0 Å². The number of nitrogens with zero attached hydrogens (tertiary/aromatic N) is 1. The first-order chi connectivity index (χ1) is 14.7. The SMILES string of the molecule is COc1cc(F)ccc1[C@H]1C[C@@](C)(C(F)(F)F)O[C@@H]1C(=O)Nc1ccnc(S(C)(=N)=O)c1. The van der Waals surface area contributed by atoms with E-state index in [1.165, 1.54) is 31.5 Å². The second-order valence-corrected chi connectivity index (χ2v) is 9.79. The highest BCUT2D eigenvalue weighted by molar-refractivity contribution is 7.91. The molecule has 1 aliphatic heterocycles. The van der Waals surface area contributed by atoms with Gasteiger partial charge in [-0.25, -0.2) is 18.4 Å². The van der Waals surface area contributed by atoms with Gasteiger partial charge in [0.1, 0.15) is 22.7 Å². The van der Waals surface area contributed by atoms with Gasteiger partial charge in [0.05, 0.1) is 16.8 Å². The minimum atomic E-state index is -4.77. The van der Waals surface area contributed by atoms with E-state index in [0.29, 0.717) is 0 Å². The number of rotatable bonds is 5. The third-order valence-corrected chi connectivity index (χ3v) is 6.24. The molecule has 1 fully saturated rings. The Morgan fingerprint density at radius 3 is 2.62 bits per heavy atom. The third-order valence-electron chi connectivity index (χ3n) is 5.22. The molecule has 32 heavy (non-hydrogen) atoms. The minimum absolute atomic E-state index is 0.00560. The summed E-state index contributed by atoms with van der Waals surface area (Å²) in [4.78, 5) is 16.8. The maximum absolute atomic E-state index is 13.7. The van der Waals surface area contributed by atoms with Crippen molar-refractivity contribution in [1.82, 2.24) is 4.98 Å². The number of hydrogen-bond acceptors (Lipinski definition) is 6. The van der Waals surface area contributed by atoms with Crippen LogP contribution in [-0.2, 0) is 19.3 Å². The molecular formula is C20H21F4N3O4S. The lowest BCUT2D eigenvalue weighted by molar-refractivity contribution is -0.261. The van der Waals surface area contributed by atoms with E-state index in [-0.39, 0.29) is 22.0 Å². The smallest absolute Gasteiger partial charge is 0.417 e. The molecule has 0 spiro atoms. The first-order valence-electron chi connectivity index (χ1n) is 9.34. The molecule has 1 aromatic carbocycles. The molecule has 1 aliphatic rings. The molecule has 2 heterocycles. The van der Waals surface area contributed by atoms with Crippen molar-refractivity contribution in [3.05, 3.63) is 47.9 Å². The lowest BCUT2D eigenvalue weighted by Gasteiger charge is -2.27. The minimum Gasteiger partial charge on any atom is -0.496 e. The van der Waals surface area contributed by atoms with Crippen LogP contribution in [-0.4, -0.2) is 46.3 Å². The van der Waals surface area contributed by atoms with Crippen LogP contribution in [0, 0.1) is 10.6 Å². The Morgan fingerprint density at radius 2 is 2.03 bits per heavy atom. The number of ether oxygens (including phenoxy) is 2. The molecule has 1 amide bonds. The molecule has 1 aromatic heterocycles. The highest BCUT2D eigenvalue weighted by atomic mass is 32.2. The number of halogens is 4. The quantitative estimate of drug-likeness (QED) is 0.635. The molecule has 0 bridgehead atoms. The summed E-state index contributed by atoms with van der Waals surface area (Å²) in [6, 6.07) is 5.91. The predicted molar refractivity (Wildman–Crippen MR) is 108 cm³/mol. The molecule has 2 aromatic rings. The summed E-state index contributed by atoms with van der Waals surface area (Å²) in [5.41, 5.74) is -2.34. The normalized spacial score (nSPS) is 25.2. The van der Waals surface area contributed by atoms with Gasteiger partial charge in [0.15, 0.2) is 5.60 Å². The van der Waals surface area contributed by atoms with Gasteiger partial charge in [-0.15, -0.1) is 0 Å². The summed E-state index contributed by atoms with van der Waals surface area (Å²) in [6.45, 7) is 0.847. The van der Waals surface area contributed by atoms with Gasteiger partial charge in [0.2, 0.25) is 0 Å². The van der Waals surface area contributed by atoms with Crippen molar-refractivity contribution in [2.75, 3.05) is 18.7 Å². The van der Waals surface area contributed by atoms with E-state index >= 15 is 0 Å². The fraction of sp³-hybridized carbons (Fsp3) is 0.400. The molecule has 3 rings (SSSR count). The van der Waals surface area contributed by atoms with Crippen LogP contribution in [0.3, 0.4) is 0 Å². The van der Waals surface area contributed by atoms with E-state index in [2.05, 4.69) is 10.3 Å². The Kier molecular flexibility index (Phi) is 6.22. The monoisotopic (exact) mass is 475 g/mol. The van der Waals surface area contributed by atoms with E-state index in [1.54, 1.807) is 0 Å². The summed E-state index contributed by atoms with van der Waals surface area (Å²) < 4.78 is 84.7. The van der Waals surface area contributed by atoms with Gasteiger partial charge in [-0.05, 0) is 31.5 Å². The Bertz CT molecular complexity index is 1140. The number of nitrogens with one attached hydrogen (secondary N) is 2. The van der Waals surface area contributed by atoms with Gasteiger partial charge in [-0.2, -0.15) is 13.2 Å². The van der Waals surface area contributed by atoms with Crippen LogP contribution in [0.5, 0.6) is 5.75 Å². The summed E-state index contributed by atoms with van der Waals surface area (Å²) in [5.74, 6) is -2.63. The lowest BCUT2D eigenvalue weighted by atomic mass is 9.86. The number of carbonyl (C=O) groups is 1. The maximum Gasteiger partial charge on any atom is 0.417 e. The average molecular weight is 475 g/mol. The highest BCUT2D eigenvalue weighted by Crippen LogP contribution is 2.51. The Hall–Kier alpha value is -2.73. The topological polar surface area (TPSA) is 101 Å². The van der Waals surface area contributed by atoms with Crippen molar-refractivity contribution >= 4 is 21.3 Å². The van der Waals surface area contributed by atoms with Gasteiger partial charge in [-0.1, -0.05) is 6.07 Å². The number of alkyl halides is 3. The molecule has 0 saturated carbocycles. The van der Waals surface area contributed by atoms with Gasteiger partial charge in [0, 0.05) is 35.7 Å². The number of carbonyl (C=O) groups excluding carboxylic acids is 1. The van der Waals surface area contributed by atoms with Crippen LogP contribution in [0.2, 0.25) is 0 Å². The zero-order chi connectivity index (χ0) is 23.9. The molecule has 7 nitrogen and oxygen atoms in total. The van der Waals surface area contributed by atoms with E-state index < -0.39 is 51.7 Å². The summed E-state index contributed by atoms with van der Waals surface area (Å²) in [5, 5.41) is 2.34. The van der Waals surface area contributed by atoms with Crippen molar-refractivity contribution in [2.24, 2.45) is 0 Å². The zero-order valence-electron chi connectivity index (χ0n) is 17.3. The first kappa shape index (κ1) is 23.9. The second kappa shape index (κ2) is 8.32. The first-order valence-corrected chi connectivity index (χ1v) is 11.3. The van der Waals surface area contributed by atoms with Crippen molar-refractivity contribution in [2.45, 2.75) is 42.2 Å². The lowest BCUT2D eigenvalue weighted by Crippen LogP contribution is -2.43. The Morgan fingerprint density at radius 1 is 1.34 bits per heavy atom. The fourth-order valence-corrected chi connectivity index (χ4v) is 4.15. The van der Waals surface area contributed by atoms with Gasteiger partial charge < -0.3 is 14.8 Å². The predicted octanol–water partition coefficient (Wildman–Crippen LogP) is 4.10. The number of methoxy groups -OCH3 is 1. The summed E-state index contributed by atoms with van der Waals surface area (Å²) in [6.07, 6.45) is -4.57. The standard InChI is InChI=1S/C20H21F4N3O4S/c1-19(20(22,23)24)10-14(13-5-4-11(21)8-15(13)30-2)17(31-19)18(28)27-12-6-7-26-16(9-12)32(3,25)29/h4-9,14,17,25H,10H2,1-3H3,(H,26,27,28)/t14-,17+,19+,32?/m1/s1. The van der Waals surface area contributed by atoms with Crippen LogP contribution >= 0.6 is 0 Å². The van der Waals surface area contributed by atoms with E-state index in [0.717, 1.165) is 25.3 Å². The number of pyridine rings is 1. The van der Waals surface area contributed by atoms with Crippen LogP contribution in [0.1, 0.15) is 24.8 Å². The summed E-state index contributed by atoms with van der Waals surface area (Å²) in [7, 11) is -1.94. The van der Waals surface area contributed by atoms with E-state index in [4.69, 9.17) is 14.3 Å². The number of benzene rings is 1. The Balaban J connectivity index is 1.99. The van der Waals surface area contributed by atoms with Gasteiger partial charge >= 0.3 is 6.18 Å². The van der Waals surface area contributed by atoms with Crippen LogP contribution in [0.4, 0.5) is 23.2 Å². The van der Waals surface area contributed by atoms with Crippen molar-refractivity contribution in [1.29, 1.82) is 4.78 Å². The summed E-state index contributed by atoms with van der Waals surface area (Å²) >= 11 is 0. The molecular weight excluding hydrogens is 454 g/mol. The molecule has 2 N–H and O–H groups in total. The number of anilines is 1. The highest BCUT2D eigenvalue weighted by Gasteiger charge is 2.61. The maximum atomic E-state index is 13.7. The average Bonchev–Trinajstić information content (AvgIpc) is 3.06. The van der Waals surface area contributed by atoms with Crippen LogP contribution in [0.25, 0.3) is 0 Å². The zero-order valence-corrected chi connectivity index (χ0v) is 18.1.